The van der Waals surface area contributed by atoms with Crippen molar-refractivity contribution in [2.24, 2.45) is 20.5 Å². The van der Waals surface area contributed by atoms with Crippen molar-refractivity contribution in [3.8, 4) is 17.2 Å². The molecular weight excluding hydrogens is 544 g/mol. The number of azo groups is 2. The Morgan fingerprint density at radius 1 is 0.791 bits per heavy atom. The number of phenols is 2. The van der Waals surface area contributed by atoms with Crippen LogP contribution < -0.4 is 15.4 Å². The van der Waals surface area contributed by atoms with Crippen LogP contribution in [0.4, 0.5) is 34.1 Å². The Kier molecular flexibility index (Phi) is 7.94. The van der Waals surface area contributed by atoms with Crippen LogP contribution in [0.15, 0.2) is 81.1 Å². The van der Waals surface area contributed by atoms with E-state index in [0.717, 1.165) is 33.2 Å². The van der Waals surface area contributed by atoms with Gasteiger partial charge in [0.25, 0.3) is 0 Å². The number of benzene rings is 5. The normalized spacial score (nSPS) is 11.6. The lowest BCUT2D eigenvalue weighted by Gasteiger charge is -2.12. The standard InChI is InChI=1S/C33H32N6O4/c1-17-9-22-10-18(2)12-29(41)31(22)28(11-17)38-36-26-16-30(43-6)27(15-25(26)35-20(4)40)37-39-32-19(3)13-21-7-8-23(34-5)14-24(21)33(32)42/h7-16,34,41-42H,1-6H3,(H,35,40). The van der Waals surface area contributed by atoms with Crippen LogP contribution in [-0.2, 0) is 4.79 Å². The van der Waals surface area contributed by atoms with E-state index in [4.69, 9.17) is 4.74 Å². The second-order valence-corrected chi connectivity index (χ2v) is 10.4. The van der Waals surface area contributed by atoms with Crippen LogP contribution in [0.3, 0.4) is 0 Å². The van der Waals surface area contributed by atoms with Crippen LogP contribution in [0.1, 0.15) is 23.6 Å². The fourth-order valence-corrected chi connectivity index (χ4v) is 5.01. The Balaban J connectivity index is 1.59. The minimum absolute atomic E-state index is 0.00569. The summed E-state index contributed by atoms with van der Waals surface area (Å²) < 4.78 is 5.59. The van der Waals surface area contributed by atoms with Crippen LogP contribution in [-0.4, -0.2) is 30.3 Å². The number of aryl methyl sites for hydroxylation is 3. The summed E-state index contributed by atoms with van der Waals surface area (Å²) in [6, 6.07) is 18.3. The summed E-state index contributed by atoms with van der Waals surface area (Å²) in [6.07, 6.45) is 0. The maximum atomic E-state index is 12.1. The average molecular weight is 577 g/mol. The number of amides is 1. The number of carbonyl (C=O) groups excluding carboxylic acids is 1. The van der Waals surface area contributed by atoms with Gasteiger partial charge in [-0.05, 0) is 84.6 Å². The van der Waals surface area contributed by atoms with E-state index in [1.165, 1.54) is 14.0 Å². The molecule has 0 aliphatic carbocycles. The number of aromatic hydroxyl groups is 2. The van der Waals surface area contributed by atoms with Gasteiger partial charge in [-0.3, -0.25) is 4.79 Å². The molecule has 5 aromatic carbocycles. The summed E-state index contributed by atoms with van der Waals surface area (Å²) in [5.74, 6) is 0.122. The summed E-state index contributed by atoms with van der Waals surface area (Å²) >= 11 is 0. The molecule has 5 aromatic rings. The minimum Gasteiger partial charge on any atom is -0.507 e. The van der Waals surface area contributed by atoms with Crippen molar-refractivity contribution in [1.29, 1.82) is 0 Å². The smallest absolute Gasteiger partial charge is 0.221 e. The molecule has 10 nitrogen and oxygen atoms in total. The van der Waals surface area contributed by atoms with Crippen molar-refractivity contribution < 1.29 is 19.7 Å². The van der Waals surface area contributed by atoms with Gasteiger partial charge in [-0.15, -0.1) is 20.5 Å². The molecule has 4 N–H and O–H groups in total. The number of nitrogens with one attached hydrogen (secondary N) is 2. The van der Waals surface area contributed by atoms with Gasteiger partial charge < -0.3 is 25.6 Å². The lowest BCUT2D eigenvalue weighted by Crippen LogP contribution is -2.05. The summed E-state index contributed by atoms with van der Waals surface area (Å²) in [5, 5.41) is 48.2. The van der Waals surface area contributed by atoms with E-state index in [-0.39, 0.29) is 17.4 Å². The topological polar surface area (TPSA) is 140 Å². The fraction of sp³-hybridized carbons (Fsp3) is 0.182. The molecule has 218 valence electrons. The van der Waals surface area contributed by atoms with E-state index >= 15 is 0 Å². The van der Waals surface area contributed by atoms with Gasteiger partial charge in [0.2, 0.25) is 5.91 Å². The molecule has 0 radical (unpaired) electrons. The average Bonchev–Trinajstić information content (AvgIpc) is 2.95. The van der Waals surface area contributed by atoms with Gasteiger partial charge in [0.05, 0.1) is 23.9 Å². The molecule has 0 saturated carbocycles. The second kappa shape index (κ2) is 11.8. The number of hydrogen-bond acceptors (Lipinski definition) is 9. The van der Waals surface area contributed by atoms with Gasteiger partial charge in [0, 0.05) is 31.1 Å². The van der Waals surface area contributed by atoms with E-state index in [9.17, 15) is 15.0 Å². The van der Waals surface area contributed by atoms with Crippen molar-refractivity contribution in [2.75, 3.05) is 24.8 Å². The maximum Gasteiger partial charge on any atom is 0.221 e. The number of carbonyl (C=O) groups is 1. The first kappa shape index (κ1) is 29.0. The largest absolute Gasteiger partial charge is 0.507 e. The van der Waals surface area contributed by atoms with Gasteiger partial charge in [0.1, 0.15) is 28.6 Å². The molecular formula is C33H32N6O4. The van der Waals surface area contributed by atoms with E-state index in [1.54, 1.807) is 18.2 Å². The predicted molar refractivity (Wildman–Crippen MR) is 171 cm³/mol. The molecule has 0 aliphatic heterocycles. The molecule has 0 aromatic heterocycles. The number of nitrogens with zero attached hydrogens (tertiary/aromatic N) is 4. The van der Waals surface area contributed by atoms with Gasteiger partial charge in [0.15, 0.2) is 5.75 Å². The zero-order chi connectivity index (χ0) is 30.8. The predicted octanol–water partition coefficient (Wildman–Crippen LogP) is 9.17. The van der Waals surface area contributed by atoms with E-state index < -0.39 is 0 Å². The van der Waals surface area contributed by atoms with Crippen molar-refractivity contribution >= 4 is 61.6 Å². The lowest BCUT2D eigenvalue weighted by molar-refractivity contribution is -0.114. The molecule has 43 heavy (non-hydrogen) atoms. The molecule has 5 rings (SSSR count). The van der Waals surface area contributed by atoms with Crippen LogP contribution >= 0.6 is 0 Å². The Hall–Kier alpha value is -5.51. The van der Waals surface area contributed by atoms with E-state index in [0.29, 0.717) is 45.0 Å². The van der Waals surface area contributed by atoms with Crippen LogP contribution in [0.5, 0.6) is 17.2 Å². The van der Waals surface area contributed by atoms with Gasteiger partial charge >= 0.3 is 0 Å². The number of methoxy groups -OCH3 is 1. The second-order valence-electron chi connectivity index (χ2n) is 10.4. The Morgan fingerprint density at radius 2 is 1.49 bits per heavy atom. The summed E-state index contributed by atoms with van der Waals surface area (Å²) in [6.45, 7) is 7.09. The SMILES string of the molecule is CNc1ccc2cc(C)c(N=Nc3cc(NC(C)=O)c(N=Nc4cc(C)cc5cc(C)cc(O)c45)cc3OC)c(O)c2c1. The Morgan fingerprint density at radius 3 is 2.19 bits per heavy atom. The molecule has 0 spiro atoms. The first-order valence-electron chi connectivity index (χ1n) is 13.6. The zero-order valence-corrected chi connectivity index (χ0v) is 24.8. The number of fused-ring (bicyclic) bond motifs is 2. The highest BCUT2D eigenvalue weighted by molar-refractivity contribution is 5.99. The lowest BCUT2D eigenvalue weighted by atomic mass is 10.0. The van der Waals surface area contributed by atoms with Crippen LogP contribution in [0, 0.1) is 20.8 Å². The quantitative estimate of drug-likeness (QED) is 0.143. The van der Waals surface area contributed by atoms with E-state index in [2.05, 4.69) is 31.1 Å². The fourth-order valence-electron chi connectivity index (χ4n) is 5.01. The number of hydrogen-bond donors (Lipinski definition) is 4. The number of anilines is 2. The van der Waals surface area contributed by atoms with Gasteiger partial charge in [-0.25, -0.2) is 0 Å². The van der Waals surface area contributed by atoms with Gasteiger partial charge in [-0.2, -0.15) is 0 Å². The van der Waals surface area contributed by atoms with Crippen molar-refractivity contribution in [3.05, 3.63) is 77.4 Å². The molecule has 0 aliphatic rings. The summed E-state index contributed by atoms with van der Waals surface area (Å²) in [5.41, 5.74) is 5.22. The first-order valence-corrected chi connectivity index (χ1v) is 13.6. The summed E-state index contributed by atoms with van der Waals surface area (Å²) in [4.78, 5) is 12.1. The molecule has 0 saturated heterocycles. The van der Waals surface area contributed by atoms with Crippen LogP contribution in [0.25, 0.3) is 21.5 Å². The third kappa shape index (κ3) is 5.94. The molecule has 0 fully saturated rings. The van der Waals surface area contributed by atoms with Gasteiger partial charge in [-0.1, -0.05) is 18.2 Å². The highest BCUT2D eigenvalue weighted by atomic mass is 16.5. The molecule has 0 heterocycles. The molecule has 0 unspecified atom stereocenters. The van der Waals surface area contributed by atoms with Crippen LogP contribution in [0.2, 0.25) is 0 Å². The number of phenolic OH excluding ortho intramolecular Hbond substituents is 2. The number of ether oxygens (including phenoxy) is 1. The highest BCUT2D eigenvalue weighted by Gasteiger charge is 2.15. The number of rotatable bonds is 7. The monoisotopic (exact) mass is 576 g/mol. The van der Waals surface area contributed by atoms with Crippen molar-refractivity contribution in [2.45, 2.75) is 27.7 Å². The summed E-state index contributed by atoms with van der Waals surface area (Å²) in [7, 11) is 3.29. The van der Waals surface area contributed by atoms with Crippen molar-refractivity contribution in [1.82, 2.24) is 0 Å². The van der Waals surface area contributed by atoms with E-state index in [1.807, 2.05) is 70.3 Å². The Bertz CT molecular complexity index is 1960. The molecule has 1 amide bonds. The third-order valence-corrected chi connectivity index (χ3v) is 6.99. The van der Waals surface area contributed by atoms with Crippen molar-refractivity contribution in [3.63, 3.8) is 0 Å². The Labute approximate surface area is 248 Å². The molecule has 0 bridgehead atoms. The third-order valence-electron chi connectivity index (χ3n) is 6.99. The highest BCUT2D eigenvalue weighted by Crippen LogP contribution is 2.44. The molecule has 10 heteroatoms. The maximum absolute atomic E-state index is 12.1. The zero-order valence-electron chi connectivity index (χ0n) is 24.8. The minimum atomic E-state index is -0.318. The molecule has 0 atom stereocenters. The first-order chi connectivity index (χ1) is 20.6.